The number of carbonyl (C=O) groups excluding carboxylic acids is 1. The number of esters is 1. The average molecular weight is 324 g/mol. The number of hydrogen-bond donors (Lipinski definition) is 1. The summed E-state index contributed by atoms with van der Waals surface area (Å²) in [5.41, 5.74) is -1.46. The largest absolute Gasteiger partial charge is 0.468 e. The van der Waals surface area contributed by atoms with Crippen LogP contribution >= 0.6 is 11.6 Å². The van der Waals surface area contributed by atoms with Crippen LogP contribution in [0.2, 0.25) is 5.02 Å². The van der Waals surface area contributed by atoms with Crippen molar-refractivity contribution in [1.82, 2.24) is 4.72 Å². The maximum atomic E-state index is 13.2. The lowest BCUT2D eigenvalue weighted by atomic mass is 10.0. The van der Waals surface area contributed by atoms with E-state index < -0.39 is 32.2 Å². The fourth-order valence-corrected chi connectivity index (χ4v) is 3.46. The molecule has 0 spiro atoms. The summed E-state index contributed by atoms with van der Waals surface area (Å²) in [6.45, 7) is 3.00. The summed E-state index contributed by atoms with van der Waals surface area (Å²) in [6.07, 6.45) is 0.159. The van der Waals surface area contributed by atoms with E-state index in [4.69, 9.17) is 11.6 Å². The third-order valence-electron chi connectivity index (χ3n) is 2.89. The summed E-state index contributed by atoms with van der Waals surface area (Å²) < 4.78 is 44.4. The maximum absolute atomic E-state index is 13.2. The number of sulfonamides is 1. The molecule has 0 aromatic heterocycles. The number of rotatable bonds is 5. The van der Waals surface area contributed by atoms with Gasteiger partial charge in [-0.15, -0.1) is 0 Å². The molecule has 1 aromatic carbocycles. The van der Waals surface area contributed by atoms with Crippen LogP contribution < -0.4 is 4.72 Å². The highest BCUT2D eigenvalue weighted by Crippen LogP contribution is 2.24. The summed E-state index contributed by atoms with van der Waals surface area (Å²) in [6, 6.07) is 2.96. The molecule has 0 saturated carbocycles. The van der Waals surface area contributed by atoms with Crippen LogP contribution in [0.25, 0.3) is 0 Å². The van der Waals surface area contributed by atoms with Crippen molar-refractivity contribution >= 4 is 27.6 Å². The highest BCUT2D eigenvalue weighted by molar-refractivity contribution is 7.89. The zero-order valence-electron chi connectivity index (χ0n) is 11.2. The number of nitrogens with one attached hydrogen (secondary N) is 1. The van der Waals surface area contributed by atoms with Gasteiger partial charge in [-0.2, -0.15) is 4.72 Å². The highest BCUT2D eigenvalue weighted by atomic mass is 35.5. The van der Waals surface area contributed by atoms with Crippen LogP contribution in [0.3, 0.4) is 0 Å². The molecule has 0 fully saturated rings. The third-order valence-corrected chi connectivity index (χ3v) is 4.96. The number of methoxy groups -OCH3 is 1. The highest BCUT2D eigenvalue weighted by Gasteiger charge is 2.38. The normalized spacial score (nSPS) is 14.7. The first kappa shape index (κ1) is 16.9. The molecule has 1 unspecified atom stereocenters. The van der Waals surface area contributed by atoms with Crippen molar-refractivity contribution in [1.29, 1.82) is 0 Å². The molecular formula is C12H15ClFNO4S. The minimum absolute atomic E-state index is 0.137. The summed E-state index contributed by atoms with van der Waals surface area (Å²) in [5.74, 6) is -1.48. The number of hydrogen-bond acceptors (Lipinski definition) is 4. The Bertz CT molecular complexity index is 620. The summed E-state index contributed by atoms with van der Waals surface area (Å²) in [5, 5.41) is -0.137. The first-order valence-electron chi connectivity index (χ1n) is 5.73. The topological polar surface area (TPSA) is 72.5 Å². The molecule has 1 atom stereocenters. The van der Waals surface area contributed by atoms with Crippen LogP contribution in [-0.2, 0) is 19.6 Å². The molecule has 0 bridgehead atoms. The molecule has 1 N–H and O–H groups in total. The SMILES string of the molecule is CCC(C)(NS(=O)(=O)c1cc(F)ccc1Cl)C(=O)OC. The van der Waals surface area contributed by atoms with Crippen LogP contribution in [0.5, 0.6) is 0 Å². The van der Waals surface area contributed by atoms with Gasteiger partial charge in [0.15, 0.2) is 0 Å². The van der Waals surface area contributed by atoms with Gasteiger partial charge in [-0.3, -0.25) is 4.79 Å². The monoisotopic (exact) mass is 323 g/mol. The van der Waals surface area contributed by atoms with Gasteiger partial charge in [0.2, 0.25) is 10.0 Å². The minimum Gasteiger partial charge on any atom is -0.468 e. The van der Waals surface area contributed by atoms with Crippen molar-refractivity contribution < 1.29 is 22.3 Å². The van der Waals surface area contributed by atoms with E-state index in [1.807, 2.05) is 0 Å². The van der Waals surface area contributed by atoms with Gasteiger partial charge in [-0.1, -0.05) is 18.5 Å². The molecule has 0 saturated heterocycles. The van der Waals surface area contributed by atoms with Gasteiger partial charge in [0.05, 0.1) is 12.1 Å². The van der Waals surface area contributed by atoms with Crippen LogP contribution in [0.4, 0.5) is 4.39 Å². The first-order chi connectivity index (χ1) is 9.16. The molecule has 1 aromatic rings. The first-order valence-corrected chi connectivity index (χ1v) is 7.60. The fourth-order valence-electron chi connectivity index (χ4n) is 1.52. The molecule has 112 valence electrons. The Morgan fingerprint density at radius 3 is 2.60 bits per heavy atom. The Balaban J connectivity index is 3.24. The number of ether oxygens (including phenoxy) is 1. The lowest BCUT2D eigenvalue weighted by Gasteiger charge is -2.26. The molecule has 0 aliphatic heterocycles. The Hall–Kier alpha value is -1.18. The third kappa shape index (κ3) is 3.47. The Labute approximate surface area is 122 Å². The molecular weight excluding hydrogens is 309 g/mol. The number of halogens is 2. The van der Waals surface area contributed by atoms with Crippen molar-refractivity contribution in [2.75, 3.05) is 7.11 Å². The quantitative estimate of drug-likeness (QED) is 0.842. The van der Waals surface area contributed by atoms with Crippen molar-refractivity contribution in [3.05, 3.63) is 29.0 Å². The van der Waals surface area contributed by atoms with Gasteiger partial charge in [0, 0.05) is 0 Å². The smallest absolute Gasteiger partial charge is 0.326 e. The molecule has 0 radical (unpaired) electrons. The molecule has 0 aliphatic rings. The van der Waals surface area contributed by atoms with E-state index in [0.717, 1.165) is 25.3 Å². The molecule has 0 heterocycles. The van der Waals surface area contributed by atoms with Gasteiger partial charge < -0.3 is 4.74 Å². The van der Waals surface area contributed by atoms with Crippen LogP contribution in [0, 0.1) is 5.82 Å². The lowest BCUT2D eigenvalue weighted by Crippen LogP contribution is -2.52. The molecule has 0 amide bonds. The predicted octanol–water partition coefficient (Wildman–Crippen LogP) is 2.10. The van der Waals surface area contributed by atoms with E-state index in [-0.39, 0.29) is 11.4 Å². The predicted molar refractivity (Wildman–Crippen MR) is 72.4 cm³/mol. The Morgan fingerprint density at radius 2 is 2.10 bits per heavy atom. The summed E-state index contributed by atoms with van der Waals surface area (Å²) >= 11 is 5.76. The van der Waals surface area contributed by atoms with E-state index in [1.54, 1.807) is 6.92 Å². The zero-order valence-corrected chi connectivity index (χ0v) is 12.8. The van der Waals surface area contributed by atoms with Gasteiger partial charge in [0.25, 0.3) is 0 Å². The lowest BCUT2D eigenvalue weighted by molar-refractivity contribution is -0.147. The molecule has 8 heteroatoms. The van der Waals surface area contributed by atoms with Crippen molar-refractivity contribution in [2.45, 2.75) is 30.7 Å². The minimum atomic E-state index is -4.16. The maximum Gasteiger partial charge on any atom is 0.326 e. The van der Waals surface area contributed by atoms with Crippen LogP contribution in [0.1, 0.15) is 20.3 Å². The standard InChI is InChI=1S/C12H15ClFNO4S/c1-4-12(2,11(16)19-3)15-20(17,18)10-7-8(14)5-6-9(10)13/h5-7,15H,4H2,1-3H3. The summed E-state index contributed by atoms with van der Waals surface area (Å²) in [7, 11) is -3.01. The van der Waals surface area contributed by atoms with E-state index in [2.05, 4.69) is 9.46 Å². The summed E-state index contributed by atoms with van der Waals surface area (Å²) in [4.78, 5) is 11.2. The van der Waals surface area contributed by atoms with Crippen molar-refractivity contribution in [3.63, 3.8) is 0 Å². The molecule has 0 aliphatic carbocycles. The zero-order chi connectivity index (χ0) is 15.6. The number of benzene rings is 1. The van der Waals surface area contributed by atoms with Crippen LogP contribution in [-0.4, -0.2) is 27.0 Å². The van der Waals surface area contributed by atoms with E-state index >= 15 is 0 Å². The molecule has 1 rings (SSSR count). The second-order valence-electron chi connectivity index (χ2n) is 4.36. The van der Waals surface area contributed by atoms with Gasteiger partial charge in [-0.05, 0) is 31.5 Å². The van der Waals surface area contributed by atoms with Crippen molar-refractivity contribution in [3.8, 4) is 0 Å². The van der Waals surface area contributed by atoms with E-state index in [1.165, 1.54) is 6.92 Å². The fraction of sp³-hybridized carbons (Fsp3) is 0.417. The van der Waals surface area contributed by atoms with Gasteiger partial charge in [0.1, 0.15) is 16.3 Å². The number of carbonyl (C=O) groups is 1. The second kappa shape index (κ2) is 6.07. The van der Waals surface area contributed by atoms with E-state index in [9.17, 15) is 17.6 Å². The second-order valence-corrected chi connectivity index (χ2v) is 6.42. The Kier molecular flexibility index (Phi) is 5.12. The van der Waals surface area contributed by atoms with Gasteiger partial charge in [-0.25, -0.2) is 12.8 Å². The average Bonchev–Trinajstić information content (AvgIpc) is 2.39. The molecule has 5 nitrogen and oxygen atoms in total. The molecule has 20 heavy (non-hydrogen) atoms. The Morgan fingerprint density at radius 1 is 1.50 bits per heavy atom. The van der Waals surface area contributed by atoms with E-state index in [0.29, 0.717) is 0 Å². The van der Waals surface area contributed by atoms with Gasteiger partial charge >= 0.3 is 5.97 Å². The van der Waals surface area contributed by atoms with Crippen LogP contribution in [0.15, 0.2) is 23.1 Å². The van der Waals surface area contributed by atoms with Crippen molar-refractivity contribution in [2.24, 2.45) is 0 Å².